The summed E-state index contributed by atoms with van der Waals surface area (Å²) in [6.07, 6.45) is 1.86. The van der Waals surface area contributed by atoms with Gasteiger partial charge >= 0.3 is 5.97 Å². The highest BCUT2D eigenvalue weighted by Crippen LogP contribution is 2.20. The predicted molar refractivity (Wildman–Crippen MR) is 66.6 cm³/mol. The summed E-state index contributed by atoms with van der Waals surface area (Å²) in [5, 5.41) is 0. The van der Waals surface area contributed by atoms with Crippen LogP contribution in [0.2, 0.25) is 0 Å². The summed E-state index contributed by atoms with van der Waals surface area (Å²) in [4.78, 5) is 11.4. The first-order valence-electron chi connectivity index (χ1n) is 6.06. The summed E-state index contributed by atoms with van der Waals surface area (Å²) in [5.41, 5.74) is 0. The first-order valence-corrected chi connectivity index (χ1v) is 7.66. The molecule has 7 heteroatoms. The number of sulfonamides is 1. The third kappa shape index (κ3) is 4.22. The molecule has 1 aliphatic heterocycles. The van der Waals surface area contributed by atoms with Crippen molar-refractivity contribution < 1.29 is 22.7 Å². The predicted octanol–water partition coefficient (Wildman–Crippen LogP) is 0.238. The minimum atomic E-state index is -3.28. The van der Waals surface area contributed by atoms with Crippen LogP contribution >= 0.6 is 0 Å². The van der Waals surface area contributed by atoms with E-state index in [2.05, 4.69) is 4.74 Å². The Morgan fingerprint density at radius 2 is 2.11 bits per heavy atom. The number of esters is 1. The zero-order valence-corrected chi connectivity index (χ0v) is 11.7. The number of carbonyl (C=O) groups excluding carboxylic acids is 1. The summed E-state index contributed by atoms with van der Waals surface area (Å²) in [6, 6.07) is 0. The van der Waals surface area contributed by atoms with Gasteiger partial charge in [-0.3, -0.25) is 4.79 Å². The van der Waals surface area contributed by atoms with E-state index < -0.39 is 10.0 Å². The average molecular weight is 279 g/mol. The minimum absolute atomic E-state index is 0.0642. The second-order valence-electron chi connectivity index (χ2n) is 4.38. The molecule has 1 unspecified atom stereocenters. The van der Waals surface area contributed by atoms with Crippen molar-refractivity contribution in [2.45, 2.75) is 19.3 Å². The highest BCUT2D eigenvalue weighted by atomic mass is 32.2. The molecule has 18 heavy (non-hydrogen) atoms. The van der Waals surface area contributed by atoms with Gasteiger partial charge in [0.1, 0.15) is 0 Å². The molecule has 1 aliphatic rings. The molecular weight excluding hydrogens is 258 g/mol. The lowest BCUT2D eigenvalue weighted by Gasteiger charge is -2.30. The zero-order valence-electron chi connectivity index (χ0n) is 10.9. The molecule has 0 saturated carbocycles. The van der Waals surface area contributed by atoms with E-state index in [1.807, 2.05) is 0 Å². The molecule has 106 valence electrons. The maximum Gasteiger partial charge on any atom is 0.309 e. The van der Waals surface area contributed by atoms with Crippen LogP contribution < -0.4 is 0 Å². The Labute approximate surface area is 108 Å². The number of hydrogen-bond acceptors (Lipinski definition) is 5. The third-order valence-electron chi connectivity index (χ3n) is 3.06. The normalized spacial score (nSPS) is 21.8. The van der Waals surface area contributed by atoms with Crippen LogP contribution in [0.1, 0.15) is 19.3 Å². The summed E-state index contributed by atoms with van der Waals surface area (Å²) in [5.74, 6) is -0.595. The van der Waals surface area contributed by atoms with Gasteiger partial charge in [0, 0.05) is 26.8 Å². The first-order chi connectivity index (χ1) is 8.51. The molecule has 0 spiro atoms. The largest absolute Gasteiger partial charge is 0.469 e. The van der Waals surface area contributed by atoms with Gasteiger partial charge in [0.05, 0.1) is 18.8 Å². The van der Waals surface area contributed by atoms with Gasteiger partial charge in [-0.05, 0) is 19.3 Å². The van der Waals surface area contributed by atoms with Crippen LogP contribution in [0.5, 0.6) is 0 Å². The number of carbonyl (C=O) groups is 1. The van der Waals surface area contributed by atoms with E-state index in [4.69, 9.17) is 4.74 Å². The Balaban J connectivity index is 2.57. The van der Waals surface area contributed by atoms with Gasteiger partial charge in [-0.2, -0.15) is 0 Å². The van der Waals surface area contributed by atoms with Gasteiger partial charge in [0.2, 0.25) is 10.0 Å². The SMILES string of the molecule is COCCCS(=O)(=O)N1CCCC(C(=O)OC)C1. The molecule has 1 rings (SSSR count). The molecule has 0 aliphatic carbocycles. The van der Waals surface area contributed by atoms with Crippen molar-refractivity contribution in [1.82, 2.24) is 4.31 Å². The van der Waals surface area contributed by atoms with Crippen LogP contribution in [-0.4, -0.2) is 58.4 Å². The monoisotopic (exact) mass is 279 g/mol. The van der Waals surface area contributed by atoms with Gasteiger partial charge in [0.25, 0.3) is 0 Å². The smallest absolute Gasteiger partial charge is 0.309 e. The van der Waals surface area contributed by atoms with E-state index in [0.717, 1.165) is 0 Å². The van der Waals surface area contributed by atoms with Crippen LogP contribution in [0.3, 0.4) is 0 Å². The quantitative estimate of drug-likeness (QED) is 0.514. The van der Waals surface area contributed by atoms with Gasteiger partial charge < -0.3 is 9.47 Å². The van der Waals surface area contributed by atoms with Crippen molar-refractivity contribution in [3.63, 3.8) is 0 Å². The molecule has 1 saturated heterocycles. The van der Waals surface area contributed by atoms with Crippen molar-refractivity contribution in [3.05, 3.63) is 0 Å². The molecule has 0 amide bonds. The second-order valence-corrected chi connectivity index (χ2v) is 6.47. The number of nitrogens with zero attached hydrogens (tertiary/aromatic N) is 1. The molecule has 1 fully saturated rings. The molecule has 0 radical (unpaired) electrons. The van der Waals surface area contributed by atoms with Gasteiger partial charge in [-0.1, -0.05) is 0 Å². The molecule has 1 atom stereocenters. The second kappa shape index (κ2) is 7.06. The Bertz CT molecular complexity index is 368. The Morgan fingerprint density at radius 3 is 2.72 bits per heavy atom. The Kier molecular flexibility index (Phi) is 6.04. The number of piperidine rings is 1. The highest BCUT2D eigenvalue weighted by molar-refractivity contribution is 7.89. The Morgan fingerprint density at radius 1 is 1.39 bits per heavy atom. The molecule has 0 aromatic heterocycles. The van der Waals surface area contributed by atoms with Crippen LogP contribution in [0, 0.1) is 5.92 Å². The molecule has 0 aromatic carbocycles. The maximum atomic E-state index is 12.0. The van der Waals surface area contributed by atoms with Crippen molar-refractivity contribution in [2.75, 3.05) is 39.7 Å². The van der Waals surface area contributed by atoms with E-state index in [-0.39, 0.29) is 24.2 Å². The van der Waals surface area contributed by atoms with E-state index in [1.54, 1.807) is 7.11 Å². The van der Waals surface area contributed by atoms with E-state index in [0.29, 0.717) is 32.4 Å². The first kappa shape index (κ1) is 15.4. The standard InChI is InChI=1S/C11H21NO5S/c1-16-7-4-8-18(14,15)12-6-3-5-10(9-12)11(13)17-2/h10H,3-9H2,1-2H3. The summed E-state index contributed by atoms with van der Waals surface area (Å²) < 4.78 is 35.0. The number of hydrogen-bond donors (Lipinski definition) is 0. The average Bonchev–Trinajstić information content (AvgIpc) is 2.38. The lowest BCUT2D eigenvalue weighted by Crippen LogP contribution is -2.43. The molecular formula is C11H21NO5S. The van der Waals surface area contributed by atoms with E-state index >= 15 is 0 Å². The van der Waals surface area contributed by atoms with Crippen LogP contribution in [0.15, 0.2) is 0 Å². The zero-order chi connectivity index (χ0) is 13.6. The van der Waals surface area contributed by atoms with Gasteiger partial charge in [-0.15, -0.1) is 0 Å². The lowest BCUT2D eigenvalue weighted by atomic mass is 10.0. The fourth-order valence-electron chi connectivity index (χ4n) is 2.07. The van der Waals surface area contributed by atoms with Crippen LogP contribution in [0.25, 0.3) is 0 Å². The summed E-state index contributed by atoms with van der Waals surface area (Å²) in [6.45, 7) is 1.15. The highest BCUT2D eigenvalue weighted by Gasteiger charge is 2.32. The lowest BCUT2D eigenvalue weighted by molar-refractivity contribution is -0.146. The van der Waals surface area contributed by atoms with Crippen molar-refractivity contribution in [1.29, 1.82) is 0 Å². The molecule has 0 N–H and O–H groups in total. The number of methoxy groups -OCH3 is 2. The summed E-state index contributed by atoms with van der Waals surface area (Å²) >= 11 is 0. The molecule has 6 nitrogen and oxygen atoms in total. The third-order valence-corrected chi connectivity index (χ3v) is 4.99. The van der Waals surface area contributed by atoms with Crippen LogP contribution in [-0.2, 0) is 24.3 Å². The molecule has 0 aromatic rings. The van der Waals surface area contributed by atoms with Crippen LogP contribution in [0.4, 0.5) is 0 Å². The molecule has 0 bridgehead atoms. The topological polar surface area (TPSA) is 72.9 Å². The number of ether oxygens (including phenoxy) is 2. The fourth-order valence-corrected chi connectivity index (χ4v) is 3.62. The van der Waals surface area contributed by atoms with Crippen molar-refractivity contribution in [3.8, 4) is 0 Å². The summed E-state index contributed by atoms with van der Waals surface area (Å²) in [7, 11) is -0.414. The van der Waals surface area contributed by atoms with Crippen molar-refractivity contribution in [2.24, 2.45) is 5.92 Å². The Hall–Kier alpha value is -0.660. The molecule has 1 heterocycles. The maximum absolute atomic E-state index is 12.0. The van der Waals surface area contributed by atoms with E-state index in [9.17, 15) is 13.2 Å². The van der Waals surface area contributed by atoms with Gasteiger partial charge in [-0.25, -0.2) is 12.7 Å². The van der Waals surface area contributed by atoms with Gasteiger partial charge in [0.15, 0.2) is 0 Å². The minimum Gasteiger partial charge on any atom is -0.469 e. The van der Waals surface area contributed by atoms with E-state index in [1.165, 1.54) is 11.4 Å². The fraction of sp³-hybridized carbons (Fsp3) is 0.909. The number of rotatable bonds is 6. The van der Waals surface area contributed by atoms with Crippen molar-refractivity contribution >= 4 is 16.0 Å².